The number of likely N-dealkylation sites (tertiary alicyclic amines) is 1. The first-order valence-electron chi connectivity index (χ1n) is 9.01. The molecule has 0 spiro atoms. The van der Waals surface area contributed by atoms with Crippen molar-refractivity contribution in [3.05, 3.63) is 35.1 Å². The van der Waals surface area contributed by atoms with Gasteiger partial charge in [0.05, 0.1) is 12.1 Å². The molecule has 2 N–H and O–H groups in total. The Labute approximate surface area is 143 Å². The van der Waals surface area contributed by atoms with Crippen LogP contribution in [0.5, 0.6) is 0 Å². The Hall–Kier alpha value is -1.04. The number of piperidine rings is 1. The van der Waals surface area contributed by atoms with Crippen LogP contribution in [0.2, 0.25) is 0 Å². The Morgan fingerprint density at radius 1 is 1.33 bits per heavy atom. The maximum absolute atomic E-state index is 13.8. The fourth-order valence-electron chi connectivity index (χ4n) is 3.98. The second-order valence-corrected chi connectivity index (χ2v) is 7.33. The molecule has 0 amide bonds. The molecule has 0 bridgehead atoms. The Kier molecular flexibility index (Phi) is 5.85. The zero-order chi connectivity index (χ0) is 17.1. The lowest BCUT2D eigenvalue weighted by molar-refractivity contribution is -0.0534. The van der Waals surface area contributed by atoms with Gasteiger partial charge in [-0.1, -0.05) is 6.07 Å². The first kappa shape index (κ1) is 17.8. The van der Waals surface area contributed by atoms with Gasteiger partial charge in [0.15, 0.2) is 0 Å². The van der Waals surface area contributed by atoms with Gasteiger partial charge in [-0.05, 0) is 61.9 Å². The minimum atomic E-state index is -0.953. The summed E-state index contributed by atoms with van der Waals surface area (Å²) in [5.41, 5.74) is 8.21. The van der Waals surface area contributed by atoms with Gasteiger partial charge < -0.3 is 15.4 Å². The lowest BCUT2D eigenvalue weighted by Gasteiger charge is -2.39. The van der Waals surface area contributed by atoms with Crippen molar-refractivity contribution in [2.45, 2.75) is 50.9 Å². The number of benzene rings is 1. The van der Waals surface area contributed by atoms with Crippen LogP contribution >= 0.6 is 0 Å². The number of hydrogen-bond donors (Lipinski definition) is 1. The normalized spacial score (nSPS) is 32.0. The molecule has 2 aliphatic heterocycles. The summed E-state index contributed by atoms with van der Waals surface area (Å²) in [5, 5.41) is 0. The van der Waals surface area contributed by atoms with Crippen LogP contribution in [-0.2, 0) is 11.2 Å². The van der Waals surface area contributed by atoms with E-state index in [0.717, 1.165) is 31.5 Å². The quantitative estimate of drug-likeness (QED) is 0.917. The van der Waals surface area contributed by atoms with Crippen LogP contribution in [0.3, 0.4) is 0 Å². The van der Waals surface area contributed by atoms with Crippen LogP contribution in [-0.4, -0.2) is 49.5 Å². The minimum Gasteiger partial charge on any atom is -0.375 e. The van der Waals surface area contributed by atoms with Crippen LogP contribution in [0, 0.1) is 18.7 Å². The summed E-state index contributed by atoms with van der Waals surface area (Å²) in [6, 6.07) is 4.53. The van der Waals surface area contributed by atoms with Crippen molar-refractivity contribution in [2.75, 3.05) is 26.2 Å². The van der Waals surface area contributed by atoms with Gasteiger partial charge >= 0.3 is 0 Å². The summed E-state index contributed by atoms with van der Waals surface area (Å²) in [4.78, 5) is 2.36. The zero-order valence-corrected chi connectivity index (χ0v) is 14.4. The first-order chi connectivity index (χ1) is 11.5. The topological polar surface area (TPSA) is 38.5 Å². The van der Waals surface area contributed by atoms with Crippen molar-refractivity contribution in [1.82, 2.24) is 4.90 Å². The highest BCUT2D eigenvalue weighted by atomic mass is 19.1. The molecule has 24 heavy (non-hydrogen) atoms. The number of nitrogens with two attached hydrogens (primary N) is 1. The van der Waals surface area contributed by atoms with Gasteiger partial charge in [-0.25, -0.2) is 8.78 Å². The molecule has 4 atom stereocenters. The molecule has 0 radical (unpaired) electrons. The van der Waals surface area contributed by atoms with E-state index < -0.39 is 12.2 Å². The molecular formula is C19H28F2N2O. The van der Waals surface area contributed by atoms with Crippen molar-refractivity contribution in [1.29, 1.82) is 0 Å². The van der Waals surface area contributed by atoms with Crippen molar-refractivity contribution in [2.24, 2.45) is 11.7 Å². The molecule has 134 valence electrons. The number of ether oxygens (including phenoxy) is 1. The zero-order valence-electron chi connectivity index (χ0n) is 14.4. The van der Waals surface area contributed by atoms with E-state index in [1.165, 1.54) is 12.0 Å². The molecule has 1 aromatic rings. The average molecular weight is 338 g/mol. The van der Waals surface area contributed by atoms with Gasteiger partial charge in [-0.3, -0.25) is 0 Å². The van der Waals surface area contributed by atoms with Crippen molar-refractivity contribution in [3.63, 3.8) is 0 Å². The second kappa shape index (κ2) is 7.89. The highest BCUT2D eigenvalue weighted by Gasteiger charge is 2.33. The summed E-state index contributed by atoms with van der Waals surface area (Å²) in [5.74, 6) is 0.370. The van der Waals surface area contributed by atoms with Gasteiger partial charge in [0.2, 0.25) is 0 Å². The van der Waals surface area contributed by atoms with Crippen LogP contribution in [0.4, 0.5) is 8.78 Å². The SMILES string of the molecule is Cc1cc(F)ccc1CC1CCCN(CC2OCCC(F)C2N)C1. The van der Waals surface area contributed by atoms with Crippen LogP contribution in [0.25, 0.3) is 0 Å². The standard InChI is InChI=1S/C19H28F2N2O/c1-13-9-16(20)5-4-15(13)10-14-3-2-7-23(11-14)12-18-19(22)17(21)6-8-24-18/h4-5,9,14,17-19H,2-3,6-8,10-12,22H2,1H3. The van der Waals surface area contributed by atoms with Gasteiger partial charge in [-0.2, -0.15) is 0 Å². The molecule has 2 aliphatic rings. The van der Waals surface area contributed by atoms with Gasteiger partial charge in [-0.15, -0.1) is 0 Å². The predicted molar refractivity (Wildman–Crippen MR) is 91.2 cm³/mol. The van der Waals surface area contributed by atoms with E-state index in [2.05, 4.69) is 4.90 Å². The molecular weight excluding hydrogens is 310 g/mol. The maximum Gasteiger partial charge on any atom is 0.123 e. The number of nitrogens with zero attached hydrogens (tertiary/aromatic N) is 1. The van der Waals surface area contributed by atoms with Crippen LogP contribution in [0.1, 0.15) is 30.4 Å². The Morgan fingerprint density at radius 2 is 2.17 bits per heavy atom. The third-order valence-electron chi connectivity index (χ3n) is 5.43. The average Bonchev–Trinajstić information content (AvgIpc) is 2.55. The summed E-state index contributed by atoms with van der Waals surface area (Å²) >= 11 is 0. The highest BCUT2D eigenvalue weighted by molar-refractivity contribution is 5.27. The van der Waals surface area contributed by atoms with E-state index in [-0.39, 0.29) is 11.9 Å². The number of rotatable bonds is 4. The molecule has 0 aliphatic carbocycles. The van der Waals surface area contributed by atoms with E-state index in [9.17, 15) is 8.78 Å². The molecule has 0 saturated carbocycles. The third-order valence-corrected chi connectivity index (χ3v) is 5.43. The minimum absolute atomic E-state index is 0.175. The van der Waals surface area contributed by atoms with Gasteiger partial charge in [0.25, 0.3) is 0 Å². The molecule has 4 unspecified atom stereocenters. The maximum atomic E-state index is 13.8. The molecule has 2 saturated heterocycles. The lowest BCUT2D eigenvalue weighted by atomic mass is 9.89. The Morgan fingerprint density at radius 3 is 2.96 bits per heavy atom. The highest BCUT2D eigenvalue weighted by Crippen LogP contribution is 2.24. The molecule has 1 aromatic carbocycles. The molecule has 2 heterocycles. The molecule has 3 nitrogen and oxygen atoms in total. The predicted octanol–water partition coefficient (Wildman–Crippen LogP) is 2.84. The van der Waals surface area contributed by atoms with Crippen molar-refractivity contribution < 1.29 is 13.5 Å². The molecule has 2 fully saturated rings. The first-order valence-corrected chi connectivity index (χ1v) is 9.01. The van der Waals surface area contributed by atoms with E-state index >= 15 is 0 Å². The van der Waals surface area contributed by atoms with Gasteiger partial charge in [0.1, 0.15) is 12.0 Å². The van der Waals surface area contributed by atoms with Gasteiger partial charge in [0, 0.05) is 26.1 Å². The number of alkyl halides is 1. The Bertz CT molecular complexity index is 554. The summed E-state index contributed by atoms with van der Waals surface area (Å²) in [7, 11) is 0. The van der Waals surface area contributed by atoms with E-state index in [0.29, 0.717) is 25.5 Å². The summed E-state index contributed by atoms with van der Waals surface area (Å²) in [6.07, 6.45) is 2.52. The van der Waals surface area contributed by atoms with Crippen LogP contribution < -0.4 is 5.73 Å². The van der Waals surface area contributed by atoms with E-state index in [1.54, 1.807) is 12.1 Å². The Balaban J connectivity index is 1.56. The monoisotopic (exact) mass is 338 g/mol. The number of halogens is 2. The van der Waals surface area contributed by atoms with Crippen LogP contribution in [0.15, 0.2) is 18.2 Å². The number of hydrogen-bond acceptors (Lipinski definition) is 3. The van der Waals surface area contributed by atoms with Crippen molar-refractivity contribution in [3.8, 4) is 0 Å². The molecule has 3 rings (SSSR count). The fourth-order valence-corrected chi connectivity index (χ4v) is 3.98. The summed E-state index contributed by atoms with van der Waals surface area (Å²) < 4.78 is 32.7. The second-order valence-electron chi connectivity index (χ2n) is 7.33. The fraction of sp³-hybridized carbons (Fsp3) is 0.684. The smallest absolute Gasteiger partial charge is 0.123 e. The van der Waals surface area contributed by atoms with E-state index in [1.807, 2.05) is 13.0 Å². The lowest BCUT2D eigenvalue weighted by Crippen LogP contribution is -2.54. The van der Waals surface area contributed by atoms with Crippen molar-refractivity contribution >= 4 is 0 Å². The largest absolute Gasteiger partial charge is 0.375 e. The summed E-state index contributed by atoms with van der Waals surface area (Å²) in [6.45, 7) is 5.13. The molecule has 5 heteroatoms. The number of aryl methyl sites for hydroxylation is 1. The third kappa shape index (κ3) is 4.32. The molecule has 0 aromatic heterocycles. The van der Waals surface area contributed by atoms with E-state index in [4.69, 9.17) is 10.5 Å².